The van der Waals surface area contributed by atoms with Crippen LogP contribution in [0.1, 0.15) is 0 Å². The lowest BCUT2D eigenvalue weighted by Crippen LogP contribution is -2.23. The van der Waals surface area contributed by atoms with Crippen molar-refractivity contribution in [2.75, 3.05) is 20.8 Å². The highest BCUT2D eigenvalue weighted by Gasteiger charge is 2.16. The number of ether oxygens (including phenoxy) is 3. The Morgan fingerprint density at radius 3 is 1.89 bits per heavy atom. The number of aromatic nitrogens is 1. The molecule has 5 heteroatoms. The number of aliphatic hydroxyl groups is 1. The van der Waals surface area contributed by atoms with E-state index in [1.54, 1.807) is 14.2 Å². The molecule has 0 spiro atoms. The lowest BCUT2D eigenvalue weighted by molar-refractivity contribution is 0.0945. The van der Waals surface area contributed by atoms with Gasteiger partial charge in [0.2, 0.25) is 0 Å². The fourth-order valence-corrected chi connectivity index (χ4v) is 3.49. The first-order valence-electron chi connectivity index (χ1n) is 9.19. The number of aliphatic hydroxyl groups excluding tert-OH is 1. The normalized spacial score (nSPS) is 12.2. The maximum absolute atomic E-state index is 10.6. The monoisotopic (exact) mass is 377 g/mol. The van der Waals surface area contributed by atoms with Crippen LogP contribution in [0, 0.1) is 0 Å². The van der Waals surface area contributed by atoms with Crippen molar-refractivity contribution >= 4 is 21.8 Å². The van der Waals surface area contributed by atoms with Gasteiger partial charge in [-0.25, -0.2) is 0 Å². The van der Waals surface area contributed by atoms with Gasteiger partial charge in [0.15, 0.2) is 0 Å². The first-order valence-corrected chi connectivity index (χ1v) is 9.19. The molecule has 1 N–H and O–H groups in total. The number of fused-ring (bicyclic) bond motifs is 3. The molecular formula is C23H23NO4. The summed E-state index contributed by atoms with van der Waals surface area (Å²) in [5.74, 6) is 2.34. The van der Waals surface area contributed by atoms with Gasteiger partial charge in [-0.3, -0.25) is 0 Å². The van der Waals surface area contributed by atoms with Crippen molar-refractivity contribution in [1.82, 2.24) is 4.57 Å². The Labute approximate surface area is 163 Å². The summed E-state index contributed by atoms with van der Waals surface area (Å²) in [6.45, 7) is 0.642. The zero-order valence-corrected chi connectivity index (χ0v) is 16.0. The third kappa shape index (κ3) is 3.49. The molecule has 1 aromatic heterocycles. The van der Waals surface area contributed by atoms with Gasteiger partial charge in [0.05, 0.1) is 20.8 Å². The molecule has 1 heterocycles. The molecule has 0 aliphatic heterocycles. The summed E-state index contributed by atoms with van der Waals surface area (Å²) < 4.78 is 18.6. The number of nitrogens with zero attached hydrogens (tertiary/aromatic N) is 1. The summed E-state index contributed by atoms with van der Waals surface area (Å²) in [5.41, 5.74) is 2.06. The number of rotatable bonds is 7. The Hall–Kier alpha value is -3.18. The van der Waals surface area contributed by atoms with E-state index >= 15 is 0 Å². The second-order valence-corrected chi connectivity index (χ2v) is 6.65. The van der Waals surface area contributed by atoms with Crippen LogP contribution in [0.25, 0.3) is 21.8 Å². The minimum Gasteiger partial charge on any atom is -0.497 e. The van der Waals surface area contributed by atoms with E-state index in [1.165, 1.54) is 0 Å². The average Bonchev–Trinajstić information content (AvgIpc) is 3.05. The van der Waals surface area contributed by atoms with Gasteiger partial charge in [-0.1, -0.05) is 18.2 Å². The van der Waals surface area contributed by atoms with Gasteiger partial charge in [0.1, 0.15) is 30.0 Å². The molecule has 0 amide bonds. The quantitative estimate of drug-likeness (QED) is 0.523. The molecule has 0 aliphatic carbocycles. The topological polar surface area (TPSA) is 52.9 Å². The molecule has 28 heavy (non-hydrogen) atoms. The van der Waals surface area contributed by atoms with Crippen LogP contribution in [-0.2, 0) is 6.54 Å². The Bertz CT molecular complexity index is 1030. The van der Waals surface area contributed by atoms with E-state index in [0.29, 0.717) is 6.54 Å². The van der Waals surface area contributed by atoms with E-state index in [9.17, 15) is 5.11 Å². The number of hydrogen-bond acceptors (Lipinski definition) is 4. The number of benzene rings is 3. The Morgan fingerprint density at radius 1 is 0.786 bits per heavy atom. The van der Waals surface area contributed by atoms with Crippen LogP contribution in [0.2, 0.25) is 0 Å². The van der Waals surface area contributed by atoms with Crippen molar-refractivity contribution in [3.05, 3.63) is 66.7 Å². The third-order valence-electron chi connectivity index (χ3n) is 4.86. The highest BCUT2D eigenvalue weighted by atomic mass is 16.5. The van der Waals surface area contributed by atoms with Gasteiger partial charge in [0.25, 0.3) is 0 Å². The van der Waals surface area contributed by atoms with Crippen LogP contribution >= 0.6 is 0 Å². The summed E-state index contributed by atoms with van der Waals surface area (Å²) in [7, 11) is 3.32. The molecule has 0 saturated carbocycles. The predicted octanol–water partition coefficient (Wildman–Crippen LogP) is 4.25. The molecule has 1 unspecified atom stereocenters. The number of methoxy groups -OCH3 is 2. The molecule has 0 bridgehead atoms. The molecule has 0 fully saturated rings. The molecular weight excluding hydrogens is 354 g/mol. The largest absolute Gasteiger partial charge is 0.497 e. The van der Waals surface area contributed by atoms with Crippen LogP contribution in [0.5, 0.6) is 17.2 Å². The highest BCUT2D eigenvalue weighted by Crippen LogP contribution is 2.34. The van der Waals surface area contributed by atoms with Crippen molar-refractivity contribution in [2.45, 2.75) is 12.6 Å². The van der Waals surface area contributed by atoms with Gasteiger partial charge in [-0.05, 0) is 48.5 Å². The van der Waals surface area contributed by atoms with E-state index in [1.807, 2.05) is 66.7 Å². The maximum atomic E-state index is 10.6. The molecule has 4 aromatic rings. The average molecular weight is 377 g/mol. The van der Waals surface area contributed by atoms with Gasteiger partial charge < -0.3 is 23.9 Å². The first kappa shape index (κ1) is 18.2. The smallest absolute Gasteiger partial charge is 0.119 e. The molecule has 0 aliphatic rings. The zero-order valence-electron chi connectivity index (χ0n) is 16.0. The van der Waals surface area contributed by atoms with Crippen LogP contribution < -0.4 is 14.2 Å². The number of para-hydroxylation sites is 1. The van der Waals surface area contributed by atoms with E-state index in [2.05, 4.69) is 4.57 Å². The van der Waals surface area contributed by atoms with Gasteiger partial charge >= 0.3 is 0 Å². The Kier molecular flexibility index (Phi) is 5.08. The van der Waals surface area contributed by atoms with Crippen LogP contribution in [0.4, 0.5) is 0 Å². The van der Waals surface area contributed by atoms with E-state index in [0.717, 1.165) is 39.1 Å². The standard InChI is InChI=1S/C23H23NO4/c1-26-18-8-10-22-20(12-18)21-13-19(27-2)9-11-23(21)24(22)14-16(25)15-28-17-6-4-3-5-7-17/h3-13,16,25H,14-15H2,1-2H3. The zero-order chi connectivity index (χ0) is 19.5. The molecule has 4 rings (SSSR count). The van der Waals surface area contributed by atoms with Crippen molar-refractivity contribution in [3.8, 4) is 17.2 Å². The first-order chi connectivity index (χ1) is 13.7. The van der Waals surface area contributed by atoms with E-state index < -0.39 is 6.10 Å². The van der Waals surface area contributed by atoms with Gasteiger partial charge in [-0.15, -0.1) is 0 Å². The minimum absolute atomic E-state index is 0.220. The lowest BCUT2D eigenvalue weighted by atomic mass is 10.1. The van der Waals surface area contributed by atoms with Crippen molar-refractivity contribution in [1.29, 1.82) is 0 Å². The second kappa shape index (κ2) is 7.82. The highest BCUT2D eigenvalue weighted by molar-refractivity contribution is 6.09. The summed E-state index contributed by atoms with van der Waals surface area (Å²) in [6, 6.07) is 21.5. The Morgan fingerprint density at radius 2 is 1.36 bits per heavy atom. The SMILES string of the molecule is COc1ccc2c(c1)c1cc(OC)ccc1n2CC(O)COc1ccccc1. The molecule has 0 saturated heterocycles. The minimum atomic E-state index is -0.650. The molecule has 144 valence electrons. The summed E-state index contributed by atoms with van der Waals surface area (Å²) in [5, 5.41) is 12.7. The fourth-order valence-electron chi connectivity index (χ4n) is 3.49. The van der Waals surface area contributed by atoms with Crippen LogP contribution in [-0.4, -0.2) is 36.6 Å². The third-order valence-corrected chi connectivity index (χ3v) is 4.86. The number of hydrogen-bond donors (Lipinski definition) is 1. The van der Waals surface area contributed by atoms with Crippen LogP contribution in [0.15, 0.2) is 66.7 Å². The van der Waals surface area contributed by atoms with Gasteiger partial charge in [0, 0.05) is 21.8 Å². The van der Waals surface area contributed by atoms with E-state index in [-0.39, 0.29) is 6.61 Å². The molecule has 5 nitrogen and oxygen atoms in total. The van der Waals surface area contributed by atoms with Crippen molar-refractivity contribution in [2.24, 2.45) is 0 Å². The second-order valence-electron chi connectivity index (χ2n) is 6.65. The van der Waals surface area contributed by atoms with Crippen molar-refractivity contribution in [3.63, 3.8) is 0 Å². The molecule has 0 radical (unpaired) electrons. The summed E-state index contributed by atoms with van der Waals surface area (Å²) in [4.78, 5) is 0. The fraction of sp³-hybridized carbons (Fsp3) is 0.217. The van der Waals surface area contributed by atoms with Crippen LogP contribution in [0.3, 0.4) is 0 Å². The van der Waals surface area contributed by atoms with E-state index in [4.69, 9.17) is 14.2 Å². The summed E-state index contributed by atoms with van der Waals surface area (Å²) in [6.07, 6.45) is -0.650. The lowest BCUT2D eigenvalue weighted by Gasteiger charge is -2.15. The summed E-state index contributed by atoms with van der Waals surface area (Å²) >= 11 is 0. The maximum Gasteiger partial charge on any atom is 0.119 e. The molecule has 1 atom stereocenters. The molecule has 3 aromatic carbocycles. The predicted molar refractivity (Wildman–Crippen MR) is 110 cm³/mol. The Balaban J connectivity index is 1.68. The van der Waals surface area contributed by atoms with Crippen molar-refractivity contribution < 1.29 is 19.3 Å². The van der Waals surface area contributed by atoms with Gasteiger partial charge in [-0.2, -0.15) is 0 Å².